The largest absolute Gasteiger partial charge is 0.493 e. The minimum absolute atomic E-state index is 0.124. The lowest BCUT2D eigenvalue weighted by atomic mass is 9.93. The van der Waals surface area contributed by atoms with E-state index in [2.05, 4.69) is 5.32 Å². The molecule has 0 bridgehead atoms. The number of methoxy groups -OCH3 is 2. The molecule has 0 aliphatic carbocycles. The van der Waals surface area contributed by atoms with Crippen LogP contribution in [0.3, 0.4) is 0 Å². The summed E-state index contributed by atoms with van der Waals surface area (Å²) in [7, 11) is 3.20. The minimum Gasteiger partial charge on any atom is -0.493 e. The zero-order valence-electron chi connectivity index (χ0n) is 16.4. The van der Waals surface area contributed by atoms with Crippen molar-refractivity contribution in [3.05, 3.63) is 71.3 Å². The molecule has 0 aliphatic heterocycles. The first-order valence-corrected chi connectivity index (χ1v) is 8.90. The predicted octanol–water partition coefficient (Wildman–Crippen LogP) is 4.83. The molecule has 3 aromatic carbocycles. The summed E-state index contributed by atoms with van der Waals surface area (Å²) in [5.74, 6) is 1.13. The monoisotopic (exact) mass is 363 g/mol. The first-order chi connectivity index (χ1) is 12.9. The van der Waals surface area contributed by atoms with Crippen LogP contribution < -0.4 is 14.8 Å². The van der Waals surface area contributed by atoms with Gasteiger partial charge < -0.3 is 14.8 Å². The summed E-state index contributed by atoms with van der Waals surface area (Å²) >= 11 is 0. The molecule has 4 nitrogen and oxygen atoms in total. The van der Waals surface area contributed by atoms with Crippen molar-refractivity contribution in [2.45, 2.75) is 26.3 Å². The second-order valence-corrected chi connectivity index (χ2v) is 7.13. The summed E-state index contributed by atoms with van der Waals surface area (Å²) in [4.78, 5) is 13.1. The number of nitrogens with one attached hydrogen (secondary N) is 1. The fraction of sp³-hybridized carbons (Fsp3) is 0.261. The number of hydrogen-bond acceptors (Lipinski definition) is 3. The Morgan fingerprint density at radius 3 is 2.07 bits per heavy atom. The molecular formula is C23H25NO3. The molecule has 1 amide bonds. The highest BCUT2D eigenvalue weighted by Crippen LogP contribution is 2.35. The Bertz CT molecular complexity index is 978. The van der Waals surface area contributed by atoms with Gasteiger partial charge in [0, 0.05) is 5.56 Å². The summed E-state index contributed by atoms with van der Waals surface area (Å²) in [6.45, 7) is 6.02. The molecule has 0 atom stereocenters. The lowest BCUT2D eigenvalue weighted by molar-refractivity contribution is 0.0914. The van der Waals surface area contributed by atoms with Crippen LogP contribution in [0.2, 0.25) is 0 Å². The van der Waals surface area contributed by atoms with E-state index in [-0.39, 0.29) is 5.91 Å². The topological polar surface area (TPSA) is 47.6 Å². The Morgan fingerprint density at radius 2 is 1.48 bits per heavy atom. The molecule has 0 aliphatic rings. The average Bonchev–Trinajstić information content (AvgIpc) is 2.67. The second-order valence-electron chi connectivity index (χ2n) is 7.13. The molecule has 0 saturated carbocycles. The quantitative estimate of drug-likeness (QED) is 0.706. The van der Waals surface area contributed by atoms with Crippen LogP contribution in [-0.4, -0.2) is 20.1 Å². The smallest absolute Gasteiger partial charge is 0.252 e. The zero-order chi connectivity index (χ0) is 19.6. The molecule has 0 aromatic heterocycles. The number of aryl methyl sites for hydroxylation is 1. The van der Waals surface area contributed by atoms with Crippen molar-refractivity contribution >= 4 is 16.7 Å². The maximum atomic E-state index is 13.1. The van der Waals surface area contributed by atoms with Crippen molar-refractivity contribution in [3.63, 3.8) is 0 Å². The number of benzene rings is 3. The molecule has 0 radical (unpaired) electrons. The van der Waals surface area contributed by atoms with Gasteiger partial charge in [0.05, 0.1) is 19.8 Å². The lowest BCUT2D eigenvalue weighted by Gasteiger charge is -2.27. The van der Waals surface area contributed by atoms with Gasteiger partial charge >= 0.3 is 0 Å². The van der Waals surface area contributed by atoms with Crippen molar-refractivity contribution in [2.75, 3.05) is 14.2 Å². The molecule has 4 heteroatoms. The highest BCUT2D eigenvalue weighted by atomic mass is 16.5. The van der Waals surface area contributed by atoms with Gasteiger partial charge in [0.25, 0.3) is 5.91 Å². The Hall–Kier alpha value is -3.01. The van der Waals surface area contributed by atoms with Crippen molar-refractivity contribution in [1.29, 1.82) is 0 Å². The molecule has 140 valence electrons. The van der Waals surface area contributed by atoms with Gasteiger partial charge in [-0.1, -0.05) is 36.4 Å². The van der Waals surface area contributed by atoms with Crippen molar-refractivity contribution in [2.24, 2.45) is 0 Å². The molecule has 0 heterocycles. The van der Waals surface area contributed by atoms with E-state index in [1.165, 1.54) is 0 Å². The summed E-state index contributed by atoms with van der Waals surface area (Å²) in [5.41, 5.74) is 2.24. The van der Waals surface area contributed by atoms with Gasteiger partial charge in [0.15, 0.2) is 11.5 Å². The van der Waals surface area contributed by atoms with Crippen LogP contribution in [0.15, 0.2) is 54.6 Å². The van der Waals surface area contributed by atoms with E-state index in [1.54, 1.807) is 14.2 Å². The van der Waals surface area contributed by atoms with Gasteiger partial charge in [-0.05, 0) is 60.9 Å². The van der Waals surface area contributed by atoms with Crippen molar-refractivity contribution < 1.29 is 14.3 Å². The molecule has 1 N–H and O–H groups in total. The van der Waals surface area contributed by atoms with Gasteiger partial charge in [-0.15, -0.1) is 0 Å². The van der Waals surface area contributed by atoms with Crippen LogP contribution >= 0.6 is 0 Å². The molecular weight excluding hydrogens is 338 g/mol. The maximum absolute atomic E-state index is 13.1. The first kappa shape index (κ1) is 18.8. The summed E-state index contributed by atoms with van der Waals surface area (Å²) < 4.78 is 10.8. The molecule has 27 heavy (non-hydrogen) atoms. The fourth-order valence-electron chi connectivity index (χ4n) is 3.29. The van der Waals surface area contributed by atoms with Gasteiger partial charge in [-0.25, -0.2) is 0 Å². The van der Waals surface area contributed by atoms with Crippen molar-refractivity contribution in [1.82, 2.24) is 5.32 Å². The number of carbonyl (C=O) groups excluding carboxylic acids is 1. The van der Waals surface area contributed by atoms with Crippen LogP contribution in [-0.2, 0) is 5.54 Å². The molecule has 0 unspecified atom stereocenters. The van der Waals surface area contributed by atoms with E-state index in [4.69, 9.17) is 9.47 Å². The maximum Gasteiger partial charge on any atom is 0.252 e. The Balaban J connectivity index is 2.06. The predicted molar refractivity (Wildman–Crippen MR) is 109 cm³/mol. The number of fused-ring (bicyclic) bond motifs is 1. The van der Waals surface area contributed by atoms with E-state index in [9.17, 15) is 4.79 Å². The van der Waals surface area contributed by atoms with E-state index in [1.807, 2.05) is 75.4 Å². The third-order valence-corrected chi connectivity index (χ3v) is 4.90. The van der Waals surface area contributed by atoms with E-state index in [0.29, 0.717) is 17.1 Å². The molecule has 0 saturated heterocycles. The highest BCUT2D eigenvalue weighted by Gasteiger charge is 2.24. The number of carbonyl (C=O) groups is 1. The lowest BCUT2D eigenvalue weighted by Crippen LogP contribution is -2.41. The van der Waals surface area contributed by atoms with Crippen LogP contribution in [0.25, 0.3) is 10.8 Å². The van der Waals surface area contributed by atoms with Crippen LogP contribution in [0.1, 0.15) is 35.3 Å². The molecule has 0 fully saturated rings. The van der Waals surface area contributed by atoms with Crippen LogP contribution in [0.4, 0.5) is 0 Å². The second kappa shape index (κ2) is 7.31. The standard InChI is InChI=1S/C23H25NO3/c1-15-11-12-17(19-14-21(27-5)20(26-4)13-18(15)19)22(25)24-23(2,3)16-9-7-6-8-10-16/h6-14H,1-5H3,(H,24,25). The number of hydrogen-bond donors (Lipinski definition) is 1. The average molecular weight is 363 g/mol. The van der Waals surface area contributed by atoms with Crippen molar-refractivity contribution in [3.8, 4) is 11.5 Å². The normalized spacial score (nSPS) is 11.3. The van der Waals surface area contributed by atoms with Gasteiger partial charge in [0.2, 0.25) is 0 Å². The number of ether oxygens (including phenoxy) is 2. The Kier molecular flexibility index (Phi) is 5.08. The van der Waals surface area contributed by atoms with Gasteiger partial charge in [-0.3, -0.25) is 4.79 Å². The third kappa shape index (κ3) is 3.61. The van der Waals surface area contributed by atoms with Gasteiger partial charge in [0.1, 0.15) is 0 Å². The van der Waals surface area contributed by atoms with E-state index >= 15 is 0 Å². The minimum atomic E-state index is -0.494. The fourth-order valence-corrected chi connectivity index (χ4v) is 3.29. The molecule has 0 spiro atoms. The summed E-state index contributed by atoms with van der Waals surface area (Å²) in [6.07, 6.45) is 0. The Morgan fingerprint density at radius 1 is 0.889 bits per heavy atom. The van der Waals surface area contributed by atoms with Crippen LogP contribution in [0, 0.1) is 6.92 Å². The summed E-state index contributed by atoms with van der Waals surface area (Å²) in [6, 6.07) is 17.5. The van der Waals surface area contributed by atoms with Crippen LogP contribution in [0.5, 0.6) is 11.5 Å². The Labute approximate surface area is 160 Å². The van der Waals surface area contributed by atoms with Gasteiger partial charge in [-0.2, -0.15) is 0 Å². The third-order valence-electron chi connectivity index (χ3n) is 4.90. The first-order valence-electron chi connectivity index (χ1n) is 8.90. The number of amides is 1. The van der Waals surface area contributed by atoms with E-state index < -0.39 is 5.54 Å². The molecule has 3 rings (SSSR count). The highest BCUT2D eigenvalue weighted by molar-refractivity contribution is 6.08. The molecule has 3 aromatic rings. The SMILES string of the molecule is COc1cc2c(C)ccc(C(=O)NC(C)(C)c3ccccc3)c2cc1OC. The number of rotatable bonds is 5. The van der Waals surface area contributed by atoms with E-state index in [0.717, 1.165) is 21.9 Å². The zero-order valence-corrected chi connectivity index (χ0v) is 16.4. The summed E-state index contributed by atoms with van der Waals surface area (Å²) in [5, 5.41) is 4.97.